The zero-order valence-corrected chi connectivity index (χ0v) is 10.4. The fourth-order valence-corrected chi connectivity index (χ4v) is 1.92. The minimum Gasteiger partial charge on any atom is -0.396 e. The smallest absolute Gasteiger partial charge is 0.0494 e. The predicted octanol–water partition coefficient (Wildman–Crippen LogP) is 1.08. The second-order valence-corrected chi connectivity index (χ2v) is 5.63. The average molecular weight is 214 g/mol. The number of nitrogens with zero attached hydrogens (tertiary/aromatic N) is 1. The molecule has 90 valence electrons. The van der Waals surface area contributed by atoms with Gasteiger partial charge in [-0.2, -0.15) is 0 Å². The first-order chi connectivity index (χ1) is 7.03. The van der Waals surface area contributed by atoms with E-state index in [1.165, 1.54) is 32.4 Å². The van der Waals surface area contributed by atoms with E-state index in [1.54, 1.807) is 0 Å². The molecule has 0 radical (unpaired) electrons. The summed E-state index contributed by atoms with van der Waals surface area (Å²) in [6, 6.07) is 0.640. The quantitative estimate of drug-likeness (QED) is 0.735. The molecule has 1 unspecified atom stereocenters. The third kappa shape index (κ3) is 4.96. The normalized spacial score (nSPS) is 25.2. The third-order valence-corrected chi connectivity index (χ3v) is 3.25. The van der Waals surface area contributed by atoms with Gasteiger partial charge in [0.25, 0.3) is 0 Å². The van der Waals surface area contributed by atoms with Crippen LogP contribution < -0.4 is 5.32 Å². The zero-order valence-electron chi connectivity index (χ0n) is 10.4. The molecule has 0 aromatic heterocycles. The summed E-state index contributed by atoms with van der Waals surface area (Å²) in [7, 11) is 2.19. The number of aliphatic hydroxyl groups excluding tert-OH is 1. The third-order valence-electron chi connectivity index (χ3n) is 3.25. The predicted molar refractivity (Wildman–Crippen MR) is 64.0 cm³/mol. The van der Waals surface area contributed by atoms with Crippen LogP contribution in [0.2, 0.25) is 0 Å². The summed E-state index contributed by atoms with van der Waals surface area (Å²) in [6.45, 7) is 7.79. The molecule has 0 aliphatic carbocycles. The molecule has 1 aliphatic heterocycles. The Labute approximate surface area is 93.9 Å². The number of nitrogens with one attached hydrogen (secondary N) is 1. The molecule has 0 amide bonds. The highest BCUT2D eigenvalue weighted by molar-refractivity contribution is 4.77. The summed E-state index contributed by atoms with van der Waals surface area (Å²) in [5.41, 5.74) is 0.0121. The largest absolute Gasteiger partial charge is 0.396 e. The maximum atomic E-state index is 9.17. The summed E-state index contributed by atoms with van der Waals surface area (Å²) in [4.78, 5) is 2.40. The molecule has 1 atom stereocenters. The van der Waals surface area contributed by atoms with Crippen molar-refractivity contribution in [3.63, 3.8) is 0 Å². The highest BCUT2D eigenvalue weighted by Gasteiger charge is 2.20. The Morgan fingerprint density at radius 2 is 2.07 bits per heavy atom. The molecule has 1 fully saturated rings. The second-order valence-electron chi connectivity index (χ2n) is 5.63. The molecule has 0 saturated carbocycles. The summed E-state index contributed by atoms with van der Waals surface area (Å²) < 4.78 is 0. The molecular formula is C12H26N2O. The molecule has 1 rings (SSSR count). The minimum atomic E-state index is 0.0121. The molecule has 1 saturated heterocycles. The fourth-order valence-electron chi connectivity index (χ4n) is 1.92. The van der Waals surface area contributed by atoms with Gasteiger partial charge in [-0.25, -0.2) is 0 Å². The Balaban J connectivity index is 2.26. The van der Waals surface area contributed by atoms with Crippen molar-refractivity contribution in [2.24, 2.45) is 5.41 Å². The van der Waals surface area contributed by atoms with E-state index < -0.39 is 0 Å². The lowest BCUT2D eigenvalue weighted by Gasteiger charge is -2.26. The van der Waals surface area contributed by atoms with Crippen LogP contribution in [0.15, 0.2) is 0 Å². The van der Waals surface area contributed by atoms with Crippen LogP contribution in [-0.4, -0.2) is 49.3 Å². The zero-order chi connectivity index (χ0) is 11.3. The number of hydrogen-bond donors (Lipinski definition) is 2. The molecule has 0 aromatic rings. The molecule has 3 nitrogen and oxygen atoms in total. The second kappa shape index (κ2) is 5.83. The van der Waals surface area contributed by atoms with Crippen LogP contribution in [0.3, 0.4) is 0 Å². The monoisotopic (exact) mass is 214 g/mol. The van der Waals surface area contributed by atoms with E-state index >= 15 is 0 Å². The van der Waals surface area contributed by atoms with Crippen molar-refractivity contribution in [2.75, 3.05) is 33.3 Å². The Morgan fingerprint density at radius 3 is 2.73 bits per heavy atom. The fraction of sp³-hybridized carbons (Fsp3) is 1.00. The Kier molecular flexibility index (Phi) is 5.03. The summed E-state index contributed by atoms with van der Waals surface area (Å²) in [5, 5.41) is 12.8. The van der Waals surface area contributed by atoms with Crippen molar-refractivity contribution in [3.8, 4) is 0 Å². The SMILES string of the molecule is CN1CCCC(NCC(C)(C)CO)CC1. The van der Waals surface area contributed by atoms with Crippen LogP contribution in [-0.2, 0) is 0 Å². The lowest BCUT2D eigenvalue weighted by Crippen LogP contribution is -2.39. The molecule has 3 heteroatoms. The van der Waals surface area contributed by atoms with Crippen LogP contribution >= 0.6 is 0 Å². The first-order valence-electron chi connectivity index (χ1n) is 6.06. The van der Waals surface area contributed by atoms with Gasteiger partial charge in [-0.1, -0.05) is 13.8 Å². The topological polar surface area (TPSA) is 35.5 Å². The Hall–Kier alpha value is -0.120. The van der Waals surface area contributed by atoms with E-state index in [2.05, 4.69) is 31.1 Å². The Morgan fingerprint density at radius 1 is 1.33 bits per heavy atom. The van der Waals surface area contributed by atoms with Gasteiger partial charge in [0.2, 0.25) is 0 Å². The van der Waals surface area contributed by atoms with Crippen molar-refractivity contribution >= 4 is 0 Å². The molecule has 0 bridgehead atoms. The average Bonchev–Trinajstić information content (AvgIpc) is 2.40. The first kappa shape index (κ1) is 12.9. The van der Waals surface area contributed by atoms with Crippen molar-refractivity contribution in [2.45, 2.75) is 39.2 Å². The highest BCUT2D eigenvalue weighted by atomic mass is 16.3. The van der Waals surface area contributed by atoms with Gasteiger partial charge in [0.15, 0.2) is 0 Å². The van der Waals surface area contributed by atoms with E-state index in [0.717, 1.165) is 6.54 Å². The number of likely N-dealkylation sites (tertiary alicyclic amines) is 1. The van der Waals surface area contributed by atoms with Crippen LogP contribution in [0.5, 0.6) is 0 Å². The van der Waals surface area contributed by atoms with Gasteiger partial charge < -0.3 is 15.3 Å². The molecule has 2 N–H and O–H groups in total. The first-order valence-corrected chi connectivity index (χ1v) is 6.06. The van der Waals surface area contributed by atoms with Gasteiger partial charge in [-0.3, -0.25) is 0 Å². The van der Waals surface area contributed by atoms with Gasteiger partial charge in [0.05, 0.1) is 0 Å². The van der Waals surface area contributed by atoms with Gasteiger partial charge in [-0.05, 0) is 39.4 Å². The minimum absolute atomic E-state index is 0.0121. The van der Waals surface area contributed by atoms with E-state index in [9.17, 15) is 5.11 Å². The summed E-state index contributed by atoms with van der Waals surface area (Å²) >= 11 is 0. The summed E-state index contributed by atoms with van der Waals surface area (Å²) in [5.74, 6) is 0. The van der Waals surface area contributed by atoms with Crippen molar-refractivity contribution < 1.29 is 5.11 Å². The number of rotatable bonds is 4. The molecule has 1 aliphatic rings. The number of hydrogen-bond acceptors (Lipinski definition) is 3. The molecule has 1 heterocycles. The molecule has 15 heavy (non-hydrogen) atoms. The maximum absolute atomic E-state index is 9.17. The standard InChI is InChI=1S/C12H26N2O/c1-12(2,10-15)9-13-11-5-4-7-14(3)8-6-11/h11,13,15H,4-10H2,1-3H3. The van der Waals surface area contributed by atoms with E-state index in [1.807, 2.05) is 0 Å². The van der Waals surface area contributed by atoms with Gasteiger partial charge in [-0.15, -0.1) is 0 Å². The van der Waals surface area contributed by atoms with E-state index in [0.29, 0.717) is 6.04 Å². The van der Waals surface area contributed by atoms with Crippen LogP contribution in [0.1, 0.15) is 33.1 Å². The molecular weight excluding hydrogens is 188 g/mol. The van der Waals surface area contributed by atoms with Crippen LogP contribution in [0.4, 0.5) is 0 Å². The summed E-state index contributed by atoms with van der Waals surface area (Å²) in [6.07, 6.45) is 3.79. The number of aliphatic hydroxyl groups is 1. The maximum Gasteiger partial charge on any atom is 0.0494 e. The lowest BCUT2D eigenvalue weighted by molar-refractivity contribution is 0.152. The van der Waals surface area contributed by atoms with Gasteiger partial charge in [0, 0.05) is 24.6 Å². The van der Waals surface area contributed by atoms with Gasteiger partial charge >= 0.3 is 0 Å². The van der Waals surface area contributed by atoms with E-state index in [4.69, 9.17) is 0 Å². The molecule has 0 aromatic carbocycles. The van der Waals surface area contributed by atoms with Crippen LogP contribution in [0, 0.1) is 5.41 Å². The van der Waals surface area contributed by atoms with Crippen molar-refractivity contribution in [3.05, 3.63) is 0 Å². The van der Waals surface area contributed by atoms with Crippen molar-refractivity contribution in [1.82, 2.24) is 10.2 Å². The molecule has 0 spiro atoms. The highest BCUT2D eigenvalue weighted by Crippen LogP contribution is 2.14. The van der Waals surface area contributed by atoms with Gasteiger partial charge in [0.1, 0.15) is 0 Å². The van der Waals surface area contributed by atoms with E-state index in [-0.39, 0.29) is 12.0 Å². The van der Waals surface area contributed by atoms with Crippen molar-refractivity contribution in [1.29, 1.82) is 0 Å². The Bertz CT molecular complexity index is 182. The lowest BCUT2D eigenvalue weighted by atomic mass is 9.94. The van der Waals surface area contributed by atoms with Crippen LogP contribution in [0.25, 0.3) is 0 Å².